The minimum Gasteiger partial charge on any atom is -0.462 e. The lowest BCUT2D eigenvalue weighted by Gasteiger charge is -2.23. The van der Waals surface area contributed by atoms with E-state index in [-0.39, 0.29) is 22.9 Å². The van der Waals surface area contributed by atoms with Gasteiger partial charge in [-0.05, 0) is 43.7 Å². The number of carbonyl (C=O) groups is 2. The van der Waals surface area contributed by atoms with Crippen molar-refractivity contribution < 1.29 is 22.7 Å². The van der Waals surface area contributed by atoms with Gasteiger partial charge in [-0.15, -0.1) is 0 Å². The maximum atomic E-state index is 12.5. The number of esters is 1. The van der Waals surface area contributed by atoms with Gasteiger partial charge in [-0.3, -0.25) is 9.10 Å². The minimum absolute atomic E-state index is 0.140. The third kappa shape index (κ3) is 5.46. The van der Waals surface area contributed by atoms with E-state index in [2.05, 4.69) is 5.32 Å². The molecule has 0 unspecified atom stereocenters. The van der Waals surface area contributed by atoms with Gasteiger partial charge in [0.05, 0.1) is 34.8 Å². The van der Waals surface area contributed by atoms with Gasteiger partial charge in [0.25, 0.3) is 0 Å². The predicted molar refractivity (Wildman–Crippen MR) is 109 cm³/mol. The topological polar surface area (TPSA) is 92.8 Å². The molecule has 0 radical (unpaired) electrons. The summed E-state index contributed by atoms with van der Waals surface area (Å²) in [6.45, 7) is 3.27. The number of ether oxygens (including phenoxy) is 1. The summed E-state index contributed by atoms with van der Waals surface area (Å²) in [6, 6.07) is 11.2. The van der Waals surface area contributed by atoms with Crippen LogP contribution in [0.2, 0.25) is 5.02 Å². The predicted octanol–water partition coefficient (Wildman–Crippen LogP) is 3.23. The number of sulfonamides is 1. The number of nitrogens with zero attached hydrogens (tertiary/aromatic N) is 1. The third-order valence-corrected chi connectivity index (χ3v) is 5.27. The van der Waals surface area contributed by atoms with Gasteiger partial charge >= 0.3 is 5.97 Å². The molecule has 0 bridgehead atoms. The lowest BCUT2D eigenvalue weighted by atomic mass is 10.2. The maximum absolute atomic E-state index is 12.5. The van der Waals surface area contributed by atoms with Gasteiger partial charge in [0.2, 0.25) is 15.9 Å². The molecule has 0 aliphatic rings. The summed E-state index contributed by atoms with van der Waals surface area (Å²) in [6.07, 6.45) is 1.04. The zero-order valence-corrected chi connectivity index (χ0v) is 17.3. The average Bonchev–Trinajstić information content (AvgIpc) is 2.61. The summed E-state index contributed by atoms with van der Waals surface area (Å²) >= 11 is 6.13. The Kier molecular flexibility index (Phi) is 7.04. The van der Waals surface area contributed by atoms with Crippen molar-refractivity contribution >= 4 is 44.9 Å². The first-order chi connectivity index (χ1) is 13.1. The highest BCUT2D eigenvalue weighted by molar-refractivity contribution is 7.92. The Labute approximate surface area is 169 Å². The molecular formula is C19H21ClN2O5S. The van der Waals surface area contributed by atoms with Crippen molar-refractivity contribution in [3.63, 3.8) is 0 Å². The highest BCUT2D eigenvalue weighted by atomic mass is 35.5. The second kappa shape index (κ2) is 9.07. The van der Waals surface area contributed by atoms with Gasteiger partial charge in [-0.1, -0.05) is 29.8 Å². The fourth-order valence-electron chi connectivity index (χ4n) is 2.50. The van der Waals surface area contributed by atoms with E-state index in [0.29, 0.717) is 5.69 Å². The van der Waals surface area contributed by atoms with E-state index in [1.807, 2.05) is 0 Å². The number of carbonyl (C=O) groups excluding carboxylic acids is 2. The molecular weight excluding hydrogens is 404 g/mol. The fraction of sp³-hybridized carbons (Fsp3) is 0.263. The molecule has 0 aromatic heterocycles. The van der Waals surface area contributed by atoms with E-state index in [0.717, 1.165) is 16.1 Å². The number of hydrogen-bond acceptors (Lipinski definition) is 5. The smallest absolute Gasteiger partial charge is 0.338 e. The summed E-state index contributed by atoms with van der Waals surface area (Å²) in [4.78, 5) is 24.2. The Morgan fingerprint density at radius 2 is 1.86 bits per heavy atom. The van der Waals surface area contributed by atoms with E-state index in [1.165, 1.54) is 18.2 Å². The summed E-state index contributed by atoms with van der Waals surface area (Å²) in [5, 5.41) is 2.71. The van der Waals surface area contributed by atoms with E-state index in [1.54, 1.807) is 38.1 Å². The van der Waals surface area contributed by atoms with Crippen LogP contribution in [0.5, 0.6) is 0 Å². The molecule has 0 atom stereocenters. The Hall–Kier alpha value is -2.58. The van der Waals surface area contributed by atoms with Crippen LogP contribution in [0.4, 0.5) is 11.4 Å². The monoisotopic (exact) mass is 424 g/mol. The number of benzene rings is 2. The van der Waals surface area contributed by atoms with Crippen molar-refractivity contribution in [2.45, 2.75) is 13.8 Å². The molecule has 0 heterocycles. The van der Waals surface area contributed by atoms with Crippen LogP contribution >= 0.6 is 11.6 Å². The van der Waals surface area contributed by atoms with Crippen molar-refractivity contribution in [3.05, 3.63) is 58.6 Å². The first kappa shape index (κ1) is 21.7. The lowest BCUT2D eigenvalue weighted by Crippen LogP contribution is -2.37. The molecule has 1 N–H and O–H groups in total. The summed E-state index contributed by atoms with van der Waals surface area (Å²) < 4.78 is 30.3. The van der Waals surface area contributed by atoms with Gasteiger partial charge in [-0.2, -0.15) is 0 Å². The lowest BCUT2D eigenvalue weighted by molar-refractivity contribution is -0.114. The average molecular weight is 425 g/mol. The van der Waals surface area contributed by atoms with Crippen LogP contribution in [-0.4, -0.2) is 39.7 Å². The van der Waals surface area contributed by atoms with Gasteiger partial charge in [0.15, 0.2) is 0 Å². The molecule has 7 nitrogen and oxygen atoms in total. The van der Waals surface area contributed by atoms with Crippen LogP contribution in [0.15, 0.2) is 42.5 Å². The van der Waals surface area contributed by atoms with E-state index in [4.69, 9.17) is 16.3 Å². The van der Waals surface area contributed by atoms with E-state index < -0.39 is 28.4 Å². The van der Waals surface area contributed by atoms with Crippen LogP contribution in [0.3, 0.4) is 0 Å². The fourth-order valence-corrected chi connectivity index (χ4v) is 3.64. The van der Waals surface area contributed by atoms with Crippen LogP contribution in [0, 0.1) is 6.92 Å². The van der Waals surface area contributed by atoms with Gasteiger partial charge in [-0.25, -0.2) is 13.2 Å². The third-order valence-electron chi connectivity index (χ3n) is 3.83. The van der Waals surface area contributed by atoms with Crippen LogP contribution in [0.25, 0.3) is 0 Å². The van der Waals surface area contributed by atoms with Crippen molar-refractivity contribution in [3.8, 4) is 0 Å². The Morgan fingerprint density at radius 3 is 2.43 bits per heavy atom. The number of nitrogens with one attached hydrogen (secondary N) is 1. The van der Waals surface area contributed by atoms with Crippen molar-refractivity contribution in [1.29, 1.82) is 0 Å². The van der Waals surface area contributed by atoms with Gasteiger partial charge < -0.3 is 10.1 Å². The van der Waals surface area contributed by atoms with E-state index in [9.17, 15) is 18.0 Å². The second-order valence-electron chi connectivity index (χ2n) is 6.02. The molecule has 0 spiro atoms. The highest BCUT2D eigenvalue weighted by Crippen LogP contribution is 2.25. The quantitative estimate of drug-likeness (QED) is 0.689. The van der Waals surface area contributed by atoms with Gasteiger partial charge in [0, 0.05) is 0 Å². The molecule has 1 amide bonds. The largest absolute Gasteiger partial charge is 0.462 e. The number of anilines is 2. The number of para-hydroxylation sites is 1. The van der Waals surface area contributed by atoms with Crippen molar-refractivity contribution in [2.24, 2.45) is 0 Å². The molecule has 28 heavy (non-hydrogen) atoms. The van der Waals surface area contributed by atoms with Crippen molar-refractivity contribution in [1.82, 2.24) is 0 Å². The molecule has 150 valence electrons. The van der Waals surface area contributed by atoms with Crippen LogP contribution < -0.4 is 9.62 Å². The molecule has 0 aliphatic carbocycles. The van der Waals surface area contributed by atoms with Crippen LogP contribution in [-0.2, 0) is 19.6 Å². The first-order valence-corrected chi connectivity index (χ1v) is 10.7. The zero-order valence-electron chi connectivity index (χ0n) is 15.7. The number of halogens is 1. The Balaban J connectivity index is 2.20. The molecule has 9 heteroatoms. The molecule has 2 rings (SSSR count). The van der Waals surface area contributed by atoms with E-state index >= 15 is 0 Å². The number of amides is 1. The molecule has 2 aromatic rings. The number of aryl methyl sites for hydroxylation is 1. The Morgan fingerprint density at radius 1 is 1.18 bits per heavy atom. The van der Waals surface area contributed by atoms with Gasteiger partial charge in [0.1, 0.15) is 6.54 Å². The molecule has 0 fully saturated rings. The molecule has 0 saturated carbocycles. The van der Waals surface area contributed by atoms with Crippen LogP contribution in [0.1, 0.15) is 22.8 Å². The van der Waals surface area contributed by atoms with Crippen molar-refractivity contribution in [2.75, 3.05) is 29.0 Å². The normalized spacial score (nSPS) is 11.0. The second-order valence-corrected chi connectivity index (χ2v) is 8.33. The summed E-state index contributed by atoms with van der Waals surface area (Å²) in [5.74, 6) is -1.09. The summed E-state index contributed by atoms with van der Waals surface area (Å²) in [5.41, 5.74) is 1.65. The highest BCUT2D eigenvalue weighted by Gasteiger charge is 2.22. The molecule has 0 aliphatic heterocycles. The standard InChI is InChI=1S/C19H21ClN2O5S/c1-4-27-19(24)14-9-10-16(15(20)11-14)21-18(23)12-22(28(3,25)26)17-8-6-5-7-13(17)2/h5-11H,4,12H2,1-3H3,(H,21,23). The molecule has 2 aromatic carbocycles. The first-order valence-electron chi connectivity index (χ1n) is 8.43. The summed E-state index contributed by atoms with van der Waals surface area (Å²) in [7, 11) is -3.68. The minimum atomic E-state index is -3.68. The number of rotatable bonds is 7. The molecule has 0 saturated heterocycles. The zero-order chi connectivity index (χ0) is 20.9. The SMILES string of the molecule is CCOC(=O)c1ccc(NC(=O)CN(c2ccccc2C)S(C)(=O)=O)c(Cl)c1. The number of hydrogen-bond donors (Lipinski definition) is 1. The maximum Gasteiger partial charge on any atom is 0.338 e. The Bertz CT molecular complexity index is 992.